The lowest BCUT2D eigenvalue weighted by atomic mass is 9.96. The van der Waals surface area contributed by atoms with Crippen LogP contribution in [0.15, 0.2) is 23.2 Å². The van der Waals surface area contributed by atoms with E-state index in [0.29, 0.717) is 0 Å². The van der Waals surface area contributed by atoms with Gasteiger partial charge in [-0.1, -0.05) is 0 Å². The van der Waals surface area contributed by atoms with Crippen LogP contribution >= 0.6 is 0 Å². The van der Waals surface area contributed by atoms with Crippen molar-refractivity contribution in [2.45, 2.75) is 6.42 Å². The minimum Gasteiger partial charge on any atom is -0.481 e. The molecule has 0 aliphatic rings. The van der Waals surface area contributed by atoms with Crippen molar-refractivity contribution in [2.24, 2.45) is 22.4 Å². The number of nitro benzene ring substituents is 2. The van der Waals surface area contributed by atoms with Gasteiger partial charge in [-0.25, -0.2) is 0 Å². The second-order valence-electron chi connectivity index (χ2n) is 4.29. The number of carbonyl (C=O) groups is 1. The zero-order valence-electron chi connectivity index (χ0n) is 11.2. The van der Waals surface area contributed by atoms with Crippen LogP contribution in [0.3, 0.4) is 0 Å². The first-order valence-corrected chi connectivity index (χ1v) is 5.93. The molecule has 0 bridgehead atoms. The summed E-state index contributed by atoms with van der Waals surface area (Å²) >= 11 is 0. The van der Waals surface area contributed by atoms with Crippen molar-refractivity contribution < 1.29 is 19.7 Å². The van der Waals surface area contributed by atoms with Crippen molar-refractivity contribution in [1.82, 2.24) is 0 Å². The molecule has 0 fully saturated rings. The van der Waals surface area contributed by atoms with Gasteiger partial charge in [0.2, 0.25) is 0 Å². The molecule has 5 N–H and O–H groups in total. The van der Waals surface area contributed by atoms with Gasteiger partial charge in [0.25, 0.3) is 11.4 Å². The molecule has 0 heterocycles. The van der Waals surface area contributed by atoms with Gasteiger partial charge in [0.15, 0.2) is 5.96 Å². The highest BCUT2D eigenvalue weighted by Gasteiger charge is 2.29. The van der Waals surface area contributed by atoms with Gasteiger partial charge in [-0.15, -0.1) is 0 Å². The minimum absolute atomic E-state index is 0.282. The molecule has 0 aliphatic carbocycles. The summed E-state index contributed by atoms with van der Waals surface area (Å²) in [7, 11) is 0. The Balaban J connectivity index is 3.27. The molecule has 0 aliphatic heterocycles. The van der Waals surface area contributed by atoms with E-state index in [4.69, 9.17) is 16.6 Å². The predicted octanol–water partition coefficient (Wildman–Crippen LogP) is 0.0197. The number of guanidine groups is 1. The third-order valence-electron chi connectivity index (χ3n) is 2.81. The van der Waals surface area contributed by atoms with Gasteiger partial charge in [-0.3, -0.25) is 30.0 Å². The molecule has 22 heavy (non-hydrogen) atoms. The maximum Gasteiger partial charge on any atom is 0.308 e. The zero-order chi connectivity index (χ0) is 16.9. The summed E-state index contributed by atoms with van der Waals surface area (Å²) in [5.74, 6) is -2.90. The van der Waals surface area contributed by atoms with Crippen LogP contribution < -0.4 is 11.5 Å². The summed E-state index contributed by atoms with van der Waals surface area (Å²) in [6.45, 7) is -0.346. The lowest BCUT2D eigenvalue weighted by Gasteiger charge is -2.10. The number of aliphatic imine (C=N–C) groups is 1. The van der Waals surface area contributed by atoms with Crippen molar-refractivity contribution in [3.63, 3.8) is 0 Å². The first-order chi connectivity index (χ1) is 10.2. The van der Waals surface area contributed by atoms with Crippen LogP contribution in [0.1, 0.15) is 5.56 Å². The number of aliphatic carboxylic acids is 1. The molecule has 1 aromatic carbocycles. The fourth-order valence-corrected chi connectivity index (χ4v) is 1.81. The van der Waals surface area contributed by atoms with Crippen LogP contribution in [-0.4, -0.2) is 33.4 Å². The minimum atomic E-state index is -1.32. The zero-order valence-corrected chi connectivity index (χ0v) is 11.2. The van der Waals surface area contributed by atoms with E-state index < -0.39 is 39.5 Å². The summed E-state index contributed by atoms with van der Waals surface area (Å²) in [5, 5.41) is 31.1. The second-order valence-corrected chi connectivity index (χ2v) is 4.29. The van der Waals surface area contributed by atoms with Crippen molar-refractivity contribution in [1.29, 1.82) is 0 Å². The molecule has 11 nitrogen and oxygen atoms in total. The molecule has 1 rings (SSSR count). The van der Waals surface area contributed by atoms with Gasteiger partial charge < -0.3 is 16.6 Å². The molecule has 0 spiro atoms. The molecule has 1 unspecified atom stereocenters. The van der Waals surface area contributed by atoms with Crippen molar-refractivity contribution in [2.75, 3.05) is 6.54 Å². The van der Waals surface area contributed by atoms with Crippen LogP contribution in [0.2, 0.25) is 0 Å². The van der Waals surface area contributed by atoms with Gasteiger partial charge in [-0.2, -0.15) is 0 Å². The highest BCUT2D eigenvalue weighted by atomic mass is 16.6. The maximum atomic E-state index is 11.2. The van der Waals surface area contributed by atoms with E-state index in [0.717, 1.165) is 18.2 Å². The standard InChI is InChI=1S/C11H13N5O6/c12-11(13)14-5-6(10(17)18)4-7-8(15(19)20)2-1-3-9(7)16(21)22/h1-3,6H,4-5H2,(H,17,18)(H4,12,13,14). The number of nitro groups is 2. The molecule has 0 saturated heterocycles. The Bertz CT molecular complexity index is 608. The Hall–Kier alpha value is -3.24. The Morgan fingerprint density at radius 1 is 1.23 bits per heavy atom. The van der Waals surface area contributed by atoms with Crippen LogP contribution in [-0.2, 0) is 11.2 Å². The second kappa shape index (κ2) is 6.97. The molecule has 1 aromatic rings. The monoisotopic (exact) mass is 311 g/mol. The Labute approximate surface area is 123 Å². The topological polar surface area (TPSA) is 188 Å². The van der Waals surface area contributed by atoms with E-state index in [1.54, 1.807) is 0 Å². The maximum absolute atomic E-state index is 11.2. The van der Waals surface area contributed by atoms with Gasteiger partial charge in [0.1, 0.15) is 5.56 Å². The van der Waals surface area contributed by atoms with Crippen molar-refractivity contribution in [3.8, 4) is 0 Å². The smallest absolute Gasteiger partial charge is 0.308 e. The van der Waals surface area contributed by atoms with Gasteiger partial charge in [0, 0.05) is 18.6 Å². The molecule has 0 saturated carbocycles. The molecule has 0 radical (unpaired) electrons. The van der Waals surface area contributed by atoms with Gasteiger partial charge in [0.05, 0.1) is 22.3 Å². The number of benzene rings is 1. The van der Waals surface area contributed by atoms with E-state index in [9.17, 15) is 25.0 Å². The quantitative estimate of drug-likeness (QED) is 0.272. The highest BCUT2D eigenvalue weighted by molar-refractivity contribution is 5.77. The Morgan fingerprint density at radius 2 is 1.73 bits per heavy atom. The highest BCUT2D eigenvalue weighted by Crippen LogP contribution is 2.30. The average Bonchev–Trinajstić information content (AvgIpc) is 2.42. The lowest BCUT2D eigenvalue weighted by Crippen LogP contribution is -2.27. The van der Waals surface area contributed by atoms with Crippen LogP contribution in [0.5, 0.6) is 0 Å². The van der Waals surface area contributed by atoms with Crippen LogP contribution in [0.25, 0.3) is 0 Å². The van der Waals surface area contributed by atoms with Crippen molar-refractivity contribution in [3.05, 3.63) is 44.0 Å². The molecular weight excluding hydrogens is 298 g/mol. The first kappa shape index (κ1) is 16.8. The molecule has 1 atom stereocenters. The lowest BCUT2D eigenvalue weighted by molar-refractivity contribution is -0.395. The summed E-state index contributed by atoms with van der Waals surface area (Å²) in [6.07, 6.45) is -0.445. The van der Waals surface area contributed by atoms with Gasteiger partial charge >= 0.3 is 5.97 Å². The van der Waals surface area contributed by atoms with E-state index in [-0.39, 0.29) is 18.1 Å². The number of nitrogens with two attached hydrogens (primary N) is 2. The normalized spacial score (nSPS) is 11.5. The summed E-state index contributed by atoms with van der Waals surface area (Å²) in [4.78, 5) is 35.1. The number of hydrogen-bond acceptors (Lipinski definition) is 6. The van der Waals surface area contributed by atoms with Crippen LogP contribution in [0, 0.1) is 26.1 Å². The SMILES string of the molecule is NC(N)=NCC(Cc1c([N+](=O)[O-])cccc1[N+](=O)[O-])C(=O)O. The third kappa shape index (κ3) is 4.13. The number of carboxylic acid groups (broad SMARTS) is 1. The van der Waals surface area contributed by atoms with E-state index in [1.807, 2.05) is 0 Å². The molecule has 118 valence electrons. The third-order valence-corrected chi connectivity index (χ3v) is 2.81. The Kier molecular flexibility index (Phi) is 5.32. The summed E-state index contributed by atoms with van der Waals surface area (Å²) in [5.41, 5.74) is 8.89. The molecule has 11 heteroatoms. The fourth-order valence-electron chi connectivity index (χ4n) is 1.81. The largest absolute Gasteiger partial charge is 0.481 e. The van der Waals surface area contributed by atoms with E-state index in [2.05, 4.69) is 4.99 Å². The number of carboxylic acids is 1. The Morgan fingerprint density at radius 3 is 2.09 bits per heavy atom. The molecule has 0 aromatic heterocycles. The van der Waals surface area contributed by atoms with E-state index in [1.165, 1.54) is 0 Å². The molecular formula is C11H13N5O6. The number of hydrogen-bond donors (Lipinski definition) is 3. The van der Waals surface area contributed by atoms with Gasteiger partial charge in [-0.05, 0) is 6.07 Å². The molecule has 0 amide bonds. The van der Waals surface area contributed by atoms with Crippen LogP contribution in [0.4, 0.5) is 11.4 Å². The van der Waals surface area contributed by atoms with E-state index >= 15 is 0 Å². The van der Waals surface area contributed by atoms with Crippen molar-refractivity contribution >= 4 is 23.3 Å². The number of rotatable bonds is 7. The first-order valence-electron chi connectivity index (χ1n) is 5.93. The predicted molar refractivity (Wildman–Crippen MR) is 75.3 cm³/mol. The summed E-state index contributed by atoms with van der Waals surface area (Å²) < 4.78 is 0. The fraction of sp³-hybridized carbons (Fsp3) is 0.273. The number of nitrogens with zero attached hydrogens (tertiary/aromatic N) is 3. The average molecular weight is 311 g/mol. The summed E-state index contributed by atoms with van der Waals surface area (Å²) in [6, 6.07) is 3.30.